The predicted molar refractivity (Wildman–Crippen MR) is 41.9 cm³/mol. The van der Waals surface area contributed by atoms with Crippen LogP contribution in [0, 0.1) is 11.6 Å². The SMILES string of the molecule is O=C1CC(c2cc(F)ccc2F)N1. The normalized spacial score (nSPS) is 20.8. The molecule has 0 radical (unpaired) electrons. The van der Waals surface area contributed by atoms with Gasteiger partial charge in [-0.15, -0.1) is 0 Å². The highest BCUT2D eigenvalue weighted by molar-refractivity contribution is 5.83. The molecule has 1 unspecified atom stereocenters. The molecule has 0 aromatic heterocycles. The molecule has 68 valence electrons. The van der Waals surface area contributed by atoms with Crippen LogP contribution in [-0.4, -0.2) is 5.91 Å². The van der Waals surface area contributed by atoms with E-state index in [4.69, 9.17) is 0 Å². The van der Waals surface area contributed by atoms with Gasteiger partial charge in [-0.2, -0.15) is 0 Å². The summed E-state index contributed by atoms with van der Waals surface area (Å²) in [6, 6.07) is 2.87. The van der Waals surface area contributed by atoms with E-state index in [9.17, 15) is 13.6 Å². The molecule has 2 rings (SSSR count). The van der Waals surface area contributed by atoms with Crippen molar-refractivity contribution in [1.82, 2.24) is 5.32 Å². The molecule has 0 spiro atoms. The number of hydrogen-bond donors (Lipinski definition) is 1. The number of amides is 1. The fourth-order valence-corrected chi connectivity index (χ4v) is 1.33. The second kappa shape index (κ2) is 2.80. The predicted octanol–water partition coefficient (Wildman–Crippen LogP) is 1.53. The van der Waals surface area contributed by atoms with E-state index in [2.05, 4.69) is 5.32 Å². The van der Waals surface area contributed by atoms with E-state index in [0.717, 1.165) is 18.2 Å². The number of β-lactam (4-membered cyclic amide) rings is 1. The average Bonchev–Trinajstić information content (AvgIpc) is 2.04. The zero-order valence-corrected chi connectivity index (χ0v) is 6.68. The molecule has 1 heterocycles. The van der Waals surface area contributed by atoms with Crippen molar-refractivity contribution in [3.05, 3.63) is 35.4 Å². The monoisotopic (exact) mass is 183 g/mol. The first-order chi connectivity index (χ1) is 6.16. The first-order valence-electron chi connectivity index (χ1n) is 3.91. The van der Waals surface area contributed by atoms with Gasteiger partial charge in [0.1, 0.15) is 11.6 Å². The zero-order chi connectivity index (χ0) is 9.42. The molecule has 1 aliphatic heterocycles. The van der Waals surface area contributed by atoms with E-state index in [1.165, 1.54) is 0 Å². The molecular formula is C9H7F2NO. The van der Waals surface area contributed by atoms with Crippen LogP contribution in [0.1, 0.15) is 18.0 Å². The molecule has 0 bridgehead atoms. The zero-order valence-electron chi connectivity index (χ0n) is 6.68. The summed E-state index contributed by atoms with van der Waals surface area (Å²) in [6.07, 6.45) is 0.236. The van der Waals surface area contributed by atoms with Crippen LogP contribution in [0.25, 0.3) is 0 Å². The lowest BCUT2D eigenvalue weighted by molar-refractivity contribution is -0.128. The second-order valence-corrected chi connectivity index (χ2v) is 2.99. The van der Waals surface area contributed by atoms with Crippen molar-refractivity contribution in [3.8, 4) is 0 Å². The van der Waals surface area contributed by atoms with E-state index in [1.54, 1.807) is 0 Å². The third-order valence-corrected chi connectivity index (χ3v) is 2.06. The minimum absolute atomic E-state index is 0.131. The van der Waals surface area contributed by atoms with Crippen molar-refractivity contribution in [2.45, 2.75) is 12.5 Å². The van der Waals surface area contributed by atoms with Crippen LogP contribution in [0.2, 0.25) is 0 Å². The van der Waals surface area contributed by atoms with Gasteiger partial charge in [0, 0.05) is 5.56 Å². The van der Waals surface area contributed by atoms with Gasteiger partial charge in [0.2, 0.25) is 5.91 Å². The molecule has 2 nitrogen and oxygen atoms in total. The molecule has 1 aromatic carbocycles. The quantitative estimate of drug-likeness (QED) is 0.657. The van der Waals surface area contributed by atoms with Crippen molar-refractivity contribution < 1.29 is 13.6 Å². The van der Waals surface area contributed by atoms with E-state index >= 15 is 0 Å². The van der Waals surface area contributed by atoms with Gasteiger partial charge < -0.3 is 5.32 Å². The summed E-state index contributed by atoms with van der Waals surface area (Å²) in [5.41, 5.74) is 0.222. The number of benzene rings is 1. The first-order valence-corrected chi connectivity index (χ1v) is 3.91. The highest BCUT2D eigenvalue weighted by Gasteiger charge is 2.29. The Morgan fingerprint density at radius 2 is 2.08 bits per heavy atom. The van der Waals surface area contributed by atoms with E-state index in [-0.39, 0.29) is 23.9 Å². The maximum Gasteiger partial charge on any atom is 0.222 e. The fraction of sp³-hybridized carbons (Fsp3) is 0.222. The Morgan fingerprint density at radius 1 is 1.38 bits per heavy atom. The highest BCUT2D eigenvalue weighted by Crippen LogP contribution is 2.26. The lowest BCUT2D eigenvalue weighted by Gasteiger charge is -2.27. The maximum absolute atomic E-state index is 13.1. The summed E-state index contributed by atoms with van der Waals surface area (Å²) in [4.78, 5) is 10.6. The number of halogens is 2. The largest absolute Gasteiger partial charge is 0.349 e. The smallest absolute Gasteiger partial charge is 0.222 e. The van der Waals surface area contributed by atoms with Gasteiger partial charge in [0.25, 0.3) is 0 Å². The lowest BCUT2D eigenvalue weighted by Crippen LogP contribution is -2.41. The second-order valence-electron chi connectivity index (χ2n) is 2.99. The Bertz CT molecular complexity index is 357. The third-order valence-electron chi connectivity index (χ3n) is 2.06. The van der Waals surface area contributed by atoms with Gasteiger partial charge in [0.15, 0.2) is 0 Å². The molecule has 13 heavy (non-hydrogen) atoms. The molecule has 1 aromatic rings. The van der Waals surface area contributed by atoms with Crippen LogP contribution in [0.3, 0.4) is 0 Å². The van der Waals surface area contributed by atoms with Crippen LogP contribution >= 0.6 is 0 Å². The molecule has 0 aliphatic carbocycles. The summed E-state index contributed by atoms with van der Waals surface area (Å²) in [5, 5.41) is 2.48. The van der Waals surface area contributed by atoms with Gasteiger partial charge >= 0.3 is 0 Å². The summed E-state index contributed by atoms with van der Waals surface area (Å²) in [6.45, 7) is 0. The summed E-state index contributed by atoms with van der Waals surface area (Å²) in [5.74, 6) is -1.10. The van der Waals surface area contributed by atoms with E-state index in [1.807, 2.05) is 0 Å². The van der Waals surface area contributed by atoms with E-state index in [0.29, 0.717) is 0 Å². The standard InChI is InChI=1S/C9H7F2NO/c10-5-1-2-7(11)6(3-5)8-4-9(13)12-8/h1-3,8H,4H2,(H,12,13). The highest BCUT2D eigenvalue weighted by atomic mass is 19.1. The third kappa shape index (κ3) is 1.39. The van der Waals surface area contributed by atoms with Crippen molar-refractivity contribution in [1.29, 1.82) is 0 Å². The number of carbonyl (C=O) groups excluding carboxylic acids is 1. The van der Waals surface area contributed by atoms with Crippen LogP contribution in [0.15, 0.2) is 18.2 Å². The summed E-state index contributed by atoms with van der Waals surface area (Å²) < 4.78 is 25.7. The van der Waals surface area contributed by atoms with Crippen LogP contribution in [-0.2, 0) is 4.79 Å². The molecule has 1 atom stereocenters. The van der Waals surface area contributed by atoms with Crippen molar-refractivity contribution in [2.75, 3.05) is 0 Å². The van der Waals surface area contributed by atoms with Crippen molar-refractivity contribution in [3.63, 3.8) is 0 Å². The van der Waals surface area contributed by atoms with Gasteiger partial charge in [-0.05, 0) is 18.2 Å². The number of hydrogen-bond acceptors (Lipinski definition) is 1. The topological polar surface area (TPSA) is 29.1 Å². The Morgan fingerprint density at radius 3 is 2.69 bits per heavy atom. The molecular weight excluding hydrogens is 176 g/mol. The fourth-order valence-electron chi connectivity index (χ4n) is 1.33. The van der Waals surface area contributed by atoms with Crippen LogP contribution in [0.4, 0.5) is 8.78 Å². The summed E-state index contributed by atoms with van der Waals surface area (Å²) in [7, 11) is 0. The number of nitrogens with one attached hydrogen (secondary N) is 1. The molecule has 1 amide bonds. The van der Waals surface area contributed by atoms with Crippen LogP contribution < -0.4 is 5.32 Å². The van der Waals surface area contributed by atoms with Gasteiger partial charge in [-0.3, -0.25) is 4.79 Å². The molecule has 0 saturated carbocycles. The Balaban J connectivity index is 2.29. The van der Waals surface area contributed by atoms with Gasteiger partial charge in [0.05, 0.1) is 12.5 Å². The molecule has 1 fully saturated rings. The molecule has 4 heteroatoms. The van der Waals surface area contributed by atoms with Crippen molar-refractivity contribution in [2.24, 2.45) is 0 Å². The average molecular weight is 183 g/mol. The Kier molecular flexibility index (Phi) is 1.76. The van der Waals surface area contributed by atoms with Gasteiger partial charge in [-0.1, -0.05) is 0 Å². The Hall–Kier alpha value is -1.45. The first kappa shape index (κ1) is 8.16. The number of rotatable bonds is 1. The summed E-state index contributed by atoms with van der Waals surface area (Å²) >= 11 is 0. The van der Waals surface area contributed by atoms with E-state index < -0.39 is 11.6 Å². The van der Waals surface area contributed by atoms with Crippen LogP contribution in [0.5, 0.6) is 0 Å². The van der Waals surface area contributed by atoms with Crippen molar-refractivity contribution >= 4 is 5.91 Å². The maximum atomic E-state index is 13.1. The molecule has 1 saturated heterocycles. The van der Waals surface area contributed by atoms with Gasteiger partial charge in [-0.25, -0.2) is 8.78 Å². The molecule has 1 N–H and O–H groups in total. The number of carbonyl (C=O) groups is 1. The molecule has 1 aliphatic rings. The minimum Gasteiger partial charge on any atom is -0.349 e. The lowest BCUT2D eigenvalue weighted by atomic mass is 9.97. The minimum atomic E-state index is -0.488. The Labute approximate surface area is 73.6 Å².